The van der Waals surface area contributed by atoms with Gasteiger partial charge in [-0.25, -0.2) is 0 Å². The molecular formula is C19H19F3N4O2. The number of alkyl halides is 3. The maximum Gasteiger partial charge on any atom is 0.418 e. The van der Waals surface area contributed by atoms with Crippen LogP contribution >= 0.6 is 0 Å². The van der Waals surface area contributed by atoms with Crippen LogP contribution in [0.4, 0.5) is 18.9 Å². The van der Waals surface area contributed by atoms with E-state index in [1.807, 2.05) is 0 Å². The van der Waals surface area contributed by atoms with E-state index in [9.17, 15) is 22.8 Å². The first-order valence-corrected chi connectivity index (χ1v) is 8.73. The number of hydrogen-bond donors (Lipinski definition) is 1. The van der Waals surface area contributed by atoms with E-state index < -0.39 is 17.6 Å². The van der Waals surface area contributed by atoms with Gasteiger partial charge in [-0.2, -0.15) is 13.2 Å². The molecule has 1 aliphatic heterocycles. The number of halogens is 3. The average molecular weight is 392 g/mol. The Kier molecular flexibility index (Phi) is 5.93. The van der Waals surface area contributed by atoms with Crippen molar-refractivity contribution in [1.29, 1.82) is 0 Å². The number of amides is 2. The summed E-state index contributed by atoms with van der Waals surface area (Å²) in [6.45, 7) is 1.70. The molecule has 1 saturated heterocycles. The number of anilines is 1. The highest BCUT2D eigenvalue weighted by atomic mass is 19.4. The zero-order chi connectivity index (χ0) is 20.1. The summed E-state index contributed by atoms with van der Waals surface area (Å²) < 4.78 is 39.0. The summed E-state index contributed by atoms with van der Waals surface area (Å²) in [6.07, 6.45) is -2.99. The summed E-state index contributed by atoms with van der Waals surface area (Å²) in [5, 5.41) is 2.33. The van der Waals surface area contributed by atoms with Crippen molar-refractivity contribution in [2.75, 3.05) is 38.0 Å². The summed E-state index contributed by atoms with van der Waals surface area (Å²) in [6, 6.07) is 9.97. The van der Waals surface area contributed by atoms with Gasteiger partial charge in [0.15, 0.2) is 0 Å². The molecule has 9 heteroatoms. The van der Waals surface area contributed by atoms with Gasteiger partial charge in [-0.05, 0) is 24.3 Å². The number of piperazine rings is 1. The van der Waals surface area contributed by atoms with Crippen molar-refractivity contribution < 1.29 is 22.8 Å². The number of aromatic nitrogens is 1. The van der Waals surface area contributed by atoms with Crippen LogP contribution in [-0.2, 0) is 11.0 Å². The molecular weight excluding hydrogens is 373 g/mol. The lowest BCUT2D eigenvalue weighted by Gasteiger charge is -2.34. The summed E-state index contributed by atoms with van der Waals surface area (Å²) in [4.78, 5) is 32.0. The minimum atomic E-state index is -4.54. The molecule has 1 N–H and O–H groups in total. The number of pyridine rings is 1. The van der Waals surface area contributed by atoms with Crippen LogP contribution in [0.2, 0.25) is 0 Å². The van der Waals surface area contributed by atoms with E-state index in [1.165, 1.54) is 18.2 Å². The van der Waals surface area contributed by atoms with Crippen molar-refractivity contribution in [3.8, 4) is 0 Å². The quantitative estimate of drug-likeness (QED) is 0.868. The Morgan fingerprint density at radius 1 is 1.00 bits per heavy atom. The van der Waals surface area contributed by atoms with E-state index in [0.29, 0.717) is 31.9 Å². The van der Waals surface area contributed by atoms with E-state index in [0.717, 1.165) is 6.07 Å². The average Bonchev–Trinajstić information content (AvgIpc) is 2.68. The molecule has 6 nitrogen and oxygen atoms in total. The third kappa shape index (κ3) is 4.86. The van der Waals surface area contributed by atoms with Gasteiger partial charge in [0, 0.05) is 32.4 Å². The summed E-state index contributed by atoms with van der Waals surface area (Å²) in [7, 11) is 0. The second kappa shape index (κ2) is 8.39. The van der Waals surface area contributed by atoms with Gasteiger partial charge in [-0.1, -0.05) is 18.2 Å². The van der Waals surface area contributed by atoms with Crippen LogP contribution in [-0.4, -0.2) is 59.3 Å². The van der Waals surface area contributed by atoms with Gasteiger partial charge in [0.1, 0.15) is 5.69 Å². The lowest BCUT2D eigenvalue weighted by molar-refractivity contribution is -0.137. The fraction of sp³-hybridized carbons (Fsp3) is 0.316. The molecule has 2 aromatic rings. The molecule has 1 aromatic heterocycles. The molecule has 0 radical (unpaired) electrons. The van der Waals surface area contributed by atoms with E-state index >= 15 is 0 Å². The monoisotopic (exact) mass is 392 g/mol. The first-order valence-electron chi connectivity index (χ1n) is 8.73. The number of nitrogens with zero attached hydrogens (tertiary/aromatic N) is 3. The predicted molar refractivity (Wildman–Crippen MR) is 96.7 cm³/mol. The molecule has 1 aromatic carbocycles. The highest BCUT2D eigenvalue weighted by Gasteiger charge is 2.33. The lowest BCUT2D eigenvalue weighted by Crippen LogP contribution is -2.50. The fourth-order valence-electron chi connectivity index (χ4n) is 2.99. The Bertz CT molecular complexity index is 835. The van der Waals surface area contributed by atoms with E-state index in [1.54, 1.807) is 34.2 Å². The molecule has 0 bridgehead atoms. The minimum Gasteiger partial charge on any atom is -0.335 e. The standard InChI is InChI=1S/C19H19F3N4O2/c20-19(21,22)14-5-1-2-6-15(14)24-17(27)13-25-9-11-26(12-10-25)18(28)16-7-3-4-8-23-16/h1-8H,9-13H2,(H,24,27). The van der Waals surface area contributed by atoms with Gasteiger partial charge < -0.3 is 10.2 Å². The number of carbonyl (C=O) groups excluding carboxylic acids is 2. The van der Waals surface area contributed by atoms with Crippen LogP contribution < -0.4 is 5.32 Å². The van der Waals surface area contributed by atoms with Crippen molar-refractivity contribution >= 4 is 17.5 Å². The molecule has 2 heterocycles. The minimum absolute atomic E-state index is 0.0438. The lowest BCUT2D eigenvalue weighted by atomic mass is 10.1. The third-order valence-corrected chi connectivity index (χ3v) is 4.42. The van der Waals surface area contributed by atoms with Gasteiger partial charge >= 0.3 is 6.18 Å². The SMILES string of the molecule is O=C(CN1CCN(C(=O)c2ccccn2)CC1)Nc1ccccc1C(F)(F)F. The van der Waals surface area contributed by atoms with Crippen LogP contribution in [0.3, 0.4) is 0 Å². The number of carbonyl (C=O) groups is 2. The number of hydrogen-bond acceptors (Lipinski definition) is 4. The van der Waals surface area contributed by atoms with Gasteiger partial charge in [0.25, 0.3) is 5.91 Å². The Morgan fingerprint density at radius 3 is 2.32 bits per heavy atom. The second-order valence-corrected chi connectivity index (χ2v) is 6.37. The third-order valence-electron chi connectivity index (χ3n) is 4.42. The number of benzene rings is 1. The molecule has 0 atom stereocenters. The van der Waals surface area contributed by atoms with Gasteiger partial charge in [-0.3, -0.25) is 19.5 Å². The van der Waals surface area contributed by atoms with Crippen LogP contribution in [0.15, 0.2) is 48.7 Å². The zero-order valence-electron chi connectivity index (χ0n) is 14.9. The number of nitrogens with one attached hydrogen (secondary N) is 1. The van der Waals surface area contributed by atoms with Crippen LogP contribution in [0.25, 0.3) is 0 Å². The first kappa shape index (κ1) is 19.8. The topological polar surface area (TPSA) is 65.5 Å². The molecule has 0 aliphatic carbocycles. The maximum absolute atomic E-state index is 13.0. The molecule has 0 spiro atoms. The number of rotatable bonds is 4. The van der Waals surface area contributed by atoms with Crippen LogP contribution in [0.5, 0.6) is 0 Å². The van der Waals surface area contributed by atoms with Gasteiger partial charge in [-0.15, -0.1) is 0 Å². The van der Waals surface area contributed by atoms with Gasteiger partial charge in [0.05, 0.1) is 17.8 Å². The molecule has 0 unspecified atom stereocenters. The fourth-order valence-corrected chi connectivity index (χ4v) is 2.99. The Hall–Kier alpha value is -2.94. The highest BCUT2D eigenvalue weighted by Crippen LogP contribution is 2.34. The molecule has 3 rings (SSSR count). The van der Waals surface area contributed by atoms with Crippen molar-refractivity contribution in [3.63, 3.8) is 0 Å². The Balaban J connectivity index is 1.53. The molecule has 0 saturated carbocycles. The summed E-state index contributed by atoms with van der Waals surface area (Å²) in [5.41, 5.74) is -0.782. The Labute approximate surface area is 160 Å². The molecule has 148 valence electrons. The number of para-hydroxylation sites is 1. The normalized spacial score (nSPS) is 15.3. The molecule has 1 aliphatic rings. The second-order valence-electron chi connectivity index (χ2n) is 6.37. The van der Waals surface area contributed by atoms with Crippen molar-refractivity contribution in [3.05, 3.63) is 59.9 Å². The largest absolute Gasteiger partial charge is 0.418 e. The van der Waals surface area contributed by atoms with E-state index in [2.05, 4.69) is 10.3 Å². The van der Waals surface area contributed by atoms with E-state index in [4.69, 9.17) is 0 Å². The van der Waals surface area contributed by atoms with Crippen LogP contribution in [0, 0.1) is 0 Å². The van der Waals surface area contributed by atoms with Crippen molar-refractivity contribution in [2.24, 2.45) is 0 Å². The summed E-state index contributed by atoms with van der Waals surface area (Å²) >= 11 is 0. The summed E-state index contributed by atoms with van der Waals surface area (Å²) in [5.74, 6) is -0.704. The molecule has 2 amide bonds. The zero-order valence-corrected chi connectivity index (χ0v) is 14.9. The van der Waals surface area contributed by atoms with Crippen molar-refractivity contribution in [1.82, 2.24) is 14.8 Å². The van der Waals surface area contributed by atoms with Crippen molar-refractivity contribution in [2.45, 2.75) is 6.18 Å². The Morgan fingerprint density at radius 2 is 1.68 bits per heavy atom. The smallest absolute Gasteiger partial charge is 0.335 e. The highest BCUT2D eigenvalue weighted by molar-refractivity contribution is 5.93. The predicted octanol–water partition coefficient (Wildman–Crippen LogP) is 2.50. The maximum atomic E-state index is 13.0. The van der Waals surface area contributed by atoms with Gasteiger partial charge in [0.2, 0.25) is 5.91 Å². The van der Waals surface area contributed by atoms with E-state index in [-0.39, 0.29) is 18.1 Å². The van der Waals surface area contributed by atoms with Crippen LogP contribution in [0.1, 0.15) is 16.1 Å². The molecule has 28 heavy (non-hydrogen) atoms. The first-order chi connectivity index (χ1) is 13.3. The molecule has 1 fully saturated rings.